The van der Waals surface area contributed by atoms with E-state index in [1.54, 1.807) is 18.2 Å². The second kappa shape index (κ2) is 11.2. The van der Waals surface area contributed by atoms with Crippen LogP contribution in [0.2, 0.25) is 5.02 Å². The largest absolute Gasteiger partial charge is 0.390 e. The van der Waals surface area contributed by atoms with Crippen molar-refractivity contribution in [3.8, 4) is 0 Å². The molecule has 0 bridgehead atoms. The SMILES string of the molecule is C=CCOC[C@H](O)CN(Cc1ccccc1Cl)C[C@H]1CC(c2ccc(F)cc2)=NO1. The van der Waals surface area contributed by atoms with Crippen molar-refractivity contribution in [1.82, 2.24) is 4.90 Å². The molecule has 7 heteroatoms. The molecule has 2 aromatic carbocycles. The van der Waals surface area contributed by atoms with Crippen LogP contribution < -0.4 is 0 Å². The van der Waals surface area contributed by atoms with Gasteiger partial charge in [-0.15, -0.1) is 6.58 Å². The molecule has 0 saturated heterocycles. The first kappa shape index (κ1) is 22.4. The molecule has 0 aliphatic carbocycles. The minimum Gasteiger partial charge on any atom is -0.390 e. The van der Waals surface area contributed by atoms with E-state index in [-0.39, 0.29) is 18.5 Å². The van der Waals surface area contributed by atoms with Crippen molar-refractivity contribution >= 4 is 17.3 Å². The molecular formula is C23H26ClFN2O3. The number of hydrogen-bond acceptors (Lipinski definition) is 5. The number of ether oxygens (including phenoxy) is 1. The fourth-order valence-corrected chi connectivity index (χ4v) is 3.53. The summed E-state index contributed by atoms with van der Waals surface area (Å²) in [5.74, 6) is -0.284. The van der Waals surface area contributed by atoms with Crippen LogP contribution in [0.5, 0.6) is 0 Å². The fourth-order valence-electron chi connectivity index (χ4n) is 3.34. The Morgan fingerprint density at radius 2 is 2.07 bits per heavy atom. The topological polar surface area (TPSA) is 54.3 Å². The van der Waals surface area contributed by atoms with E-state index in [4.69, 9.17) is 21.2 Å². The van der Waals surface area contributed by atoms with Gasteiger partial charge in [0.05, 0.1) is 25.0 Å². The molecule has 2 aromatic rings. The summed E-state index contributed by atoms with van der Waals surface area (Å²) >= 11 is 6.33. The lowest BCUT2D eigenvalue weighted by atomic mass is 10.0. The van der Waals surface area contributed by atoms with E-state index in [2.05, 4.69) is 16.6 Å². The van der Waals surface area contributed by atoms with Crippen molar-refractivity contribution in [2.24, 2.45) is 5.16 Å². The monoisotopic (exact) mass is 432 g/mol. The predicted octanol–water partition coefficient (Wildman–Crippen LogP) is 4.04. The van der Waals surface area contributed by atoms with Crippen LogP contribution in [0.3, 0.4) is 0 Å². The van der Waals surface area contributed by atoms with Crippen LogP contribution in [0.4, 0.5) is 4.39 Å². The van der Waals surface area contributed by atoms with Gasteiger partial charge in [-0.3, -0.25) is 4.90 Å². The van der Waals surface area contributed by atoms with Crippen molar-refractivity contribution < 1.29 is 19.1 Å². The van der Waals surface area contributed by atoms with Gasteiger partial charge in [0.1, 0.15) is 11.9 Å². The van der Waals surface area contributed by atoms with Crippen molar-refractivity contribution in [2.45, 2.75) is 25.2 Å². The van der Waals surface area contributed by atoms with Crippen LogP contribution in [0.25, 0.3) is 0 Å². The highest BCUT2D eigenvalue weighted by molar-refractivity contribution is 6.31. The van der Waals surface area contributed by atoms with E-state index in [9.17, 15) is 9.50 Å². The van der Waals surface area contributed by atoms with Gasteiger partial charge in [-0.2, -0.15) is 0 Å². The Bertz CT molecular complexity index is 860. The first-order valence-electron chi connectivity index (χ1n) is 9.86. The van der Waals surface area contributed by atoms with E-state index < -0.39 is 6.10 Å². The number of hydrogen-bond donors (Lipinski definition) is 1. The van der Waals surface area contributed by atoms with Gasteiger partial charge in [-0.05, 0) is 29.3 Å². The van der Waals surface area contributed by atoms with Gasteiger partial charge in [0.25, 0.3) is 0 Å². The summed E-state index contributed by atoms with van der Waals surface area (Å²) in [5, 5.41) is 15.2. The molecule has 2 atom stereocenters. The molecule has 0 spiro atoms. The Morgan fingerprint density at radius 1 is 1.30 bits per heavy atom. The van der Waals surface area contributed by atoms with Crippen molar-refractivity contribution in [3.63, 3.8) is 0 Å². The molecule has 0 unspecified atom stereocenters. The van der Waals surface area contributed by atoms with E-state index in [0.29, 0.717) is 37.7 Å². The second-order valence-electron chi connectivity index (χ2n) is 7.24. The maximum Gasteiger partial charge on any atom is 0.145 e. The van der Waals surface area contributed by atoms with E-state index >= 15 is 0 Å². The fraction of sp³-hybridized carbons (Fsp3) is 0.348. The maximum atomic E-state index is 13.2. The molecule has 0 radical (unpaired) electrons. The number of aliphatic hydroxyl groups is 1. The molecule has 30 heavy (non-hydrogen) atoms. The first-order valence-corrected chi connectivity index (χ1v) is 10.2. The Hall–Kier alpha value is -2.25. The molecule has 1 aliphatic heterocycles. The van der Waals surface area contributed by atoms with Crippen LogP contribution in [-0.4, -0.2) is 54.2 Å². The minimum absolute atomic E-state index is 0.172. The van der Waals surface area contributed by atoms with Gasteiger partial charge in [-0.1, -0.05) is 53.2 Å². The quantitative estimate of drug-likeness (QED) is 0.430. The second-order valence-corrected chi connectivity index (χ2v) is 7.65. The van der Waals surface area contributed by atoms with Gasteiger partial charge in [0, 0.05) is 31.1 Å². The molecule has 0 aromatic heterocycles. The standard InChI is InChI=1S/C23H26ClFN2O3/c1-2-11-29-16-20(28)14-27(13-18-5-3-4-6-22(18)24)15-21-12-23(26-30-21)17-7-9-19(25)10-8-17/h2-10,20-21,28H,1,11-16H2/t20-,21-/m1/s1. The Balaban J connectivity index is 1.62. The van der Waals surface area contributed by atoms with Gasteiger partial charge in [0.2, 0.25) is 0 Å². The van der Waals surface area contributed by atoms with Gasteiger partial charge in [0.15, 0.2) is 0 Å². The summed E-state index contributed by atoms with van der Waals surface area (Å²) in [7, 11) is 0. The molecule has 1 N–H and O–H groups in total. The molecule has 0 fully saturated rings. The first-order chi connectivity index (χ1) is 14.5. The molecule has 3 rings (SSSR count). The summed E-state index contributed by atoms with van der Waals surface area (Å²) in [6.07, 6.45) is 1.42. The van der Waals surface area contributed by atoms with Gasteiger partial charge < -0.3 is 14.7 Å². The third-order valence-corrected chi connectivity index (χ3v) is 5.11. The number of rotatable bonds is 11. The van der Waals surface area contributed by atoms with Crippen LogP contribution in [0.15, 0.2) is 66.3 Å². The molecule has 0 amide bonds. The maximum absolute atomic E-state index is 13.2. The average Bonchev–Trinajstić information content (AvgIpc) is 3.19. The lowest BCUT2D eigenvalue weighted by molar-refractivity contribution is 0.00337. The zero-order chi connectivity index (χ0) is 21.3. The average molecular weight is 433 g/mol. The molecule has 160 valence electrons. The lowest BCUT2D eigenvalue weighted by Gasteiger charge is -2.27. The van der Waals surface area contributed by atoms with E-state index in [0.717, 1.165) is 16.8 Å². The third kappa shape index (κ3) is 6.64. The summed E-state index contributed by atoms with van der Waals surface area (Å²) in [5.41, 5.74) is 2.60. The van der Waals surface area contributed by atoms with Crippen molar-refractivity contribution in [2.75, 3.05) is 26.3 Å². The summed E-state index contributed by atoms with van der Waals surface area (Å²) < 4.78 is 18.5. The van der Waals surface area contributed by atoms with E-state index in [1.165, 1.54) is 12.1 Å². The summed E-state index contributed by atoms with van der Waals surface area (Å²) in [6.45, 7) is 5.72. The van der Waals surface area contributed by atoms with Crippen LogP contribution in [0.1, 0.15) is 17.5 Å². The Kier molecular flexibility index (Phi) is 8.39. The summed E-state index contributed by atoms with van der Waals surface area (Å²) in [6, 6.07) is 13.8. The van der Waals surface area contributed by atoms with Crippen molar-refractivity contribution in [1.29, 1.82) is 0 Å². The number of aliphatic hydroxyl groups excluding tert-OH is 1. The van der Waals surface area contributed by atoms with Crippen molar-refractivity contribution in [3.05, 3.63) is 83.2 Å². The summed E-state index contributed by atoms with van der Waals surface area (Å²) in [4.78, 5) is 7.70. The number of nitrogens with zero attached hydrogens (tertiary/aromatic N) is 2. The molecule has 0 saturated carbocycles. The third-order valence-electron chi connectivity index (χ3n) is 4.74. The lowest BCUT2D eigenvalue weighted by Crippen LogP contribution is -2.39. The van der Waals surface area contributed by atoms with E-state index in [1.807, 2.05) is 24.3 Å². The highest BCUT2D eigenvalue weighted by atomic mass is 35.5. The zero-order valence-corrected chi connectivity index (χ0v) is 17.5. The normalized spacial score (nSPS) is 16.9. The van der Waals surface area contributed by atoms with Crippen LogP contribution in [-0.2, 0) is 16.1 Å². The van der Waals surface area contributed by atoms with Crippen LogP contribution >= 0.6 is 11.6 Å². The van der Waals surface area contributed by atoms with Gasteiger partial charge in [-0.25, -0.2) is 4.39 Å². The molecule has 5 nitrogen and oxygen atoms in total. The predicted molar refractivity (Wildman–Crippen MR) is 116 cm³/mol. The number of oxime groups is 1. The Morgan fingerprint density at radius 3 is 2.80 bits per heavy atom. The highest BCUT2D eigenvalue weighted by Gasteiger charge is 2.26. The Labute approximate surface area is 181 Å². The highest BCUT2D eigenvalue weighted by Crippen LogP contribution is 2.21. The van der Waals surface area contributed by atoms with Gasteiger partial charge >= 0.3 is 0 Å². The zero-order valence-electron chi connectivity index (χ0n) is 16.7. The van der Waals surface area contributed by atoms with Crippen LogP contribution in [0, 0.1) is 5.82 Å². The number of benzene rings is 2. The minimum atomic E-state index is -0.661. The number of halogens is 2. The smallest absolute Gasteiger partial charge is 0.145 e. The molecule has 1 heterocycles. The molecule has 1 aliphatic rings. The molecular weight excluding hydrogens is 407 g/mol.